The van der Waals surface area contributed by atoms with Crippen LogP contribution in [0.5, 0.6) is 0 Å². The van der Waals surface area contributed by atoms with E-state index in [0.717, 1.165) is 12.1 Å². The first-order chi connectivity index (χ1) is 9.32. The molecule has 0 amide bonds. The molecule has 2 unspecified atom stereocenters. The van der Waals surface area contributed by atoms with E-state index in [9.17, 15) is 13.2 Å². The third kappa shape index (κ3) is 2.88. The molecule has 1 aliphatic rings. The van der Waals surface area contributed by atoms with Crippen molar-refractivity contribution in [3.63, 3.8) is 0 Å². The Kier molecular flexibility index (Phi) is 3.91. The second-order valence-corrected chi connectivity index (χ2v) is 4.99. The van der Waals surface area contributed by atoms with E-state index >= 15 is 0 Å². The SMILES string of the molecule is CC1CN(c2ccc(C(F)(F)F)cc2C#N)C(C)CO1. The number of alkyl halides is 3. The third-order valence-corrected chi connectivity index (χ3v) is 3.36. The molecular formula is C14H15F3N2O. The van der Waals surface area contributed by atoms with Crippen molar-refractivity contribution >= 4 is 5.69 Å². The van der Waals surface area contributed by atoms with Crippen LogP contribution >= 0.6 is 0 Å². The van der Waals surface area contributed by atoms with Gasteiger partial charge >= 0.3 is 6.18 Å². The van der Waals surface area contributed by atoms with Crippen molar-refractivity contribution in [3.05, 3.63) is 29.3 Å². The highest BCUT2D eigenvalue weighted by atomic mass is 19.4. The monoisotopic (exact) mass is 284 g/mol. The Bertz CT molecular complexity index is 536. The molecule has 1 aromatic rings. The molecule has 0 radical (unpaired) electrons. The maximum absolute atomic E-state index is 12.7. The number of rotatable bonds is 1. The minimum Gasteiger partial charge on any atom is -0.375 e. The minimum atomic E-state index is -4.44. The number of hydrogen-bond acceptors (Lipinski definition) is 3. The Balaban J connectivity index is 2.39. The molecule has 0 saturated carbocycles. The zero-order valence-corrected chi connectivity index (χ0v) is 11.2. The molecule has 1 saturated heterocycles. The van der Waals surface area contributed by atoms with Crippen LogP contribution in [0.3, 0.4) is 0 Å². The second-order valence-electron chi connectivity index (χ2n) is 4.99. The Morgan fingerprint density at radius 1 is 1.35 bits per heavy atom. The summed E-state index contributed by atoms with van der Waals surface area (Å²) in [6.45, 7) is 4.87. The summed E-state index contributed by atoms with van der Waals surface area (Å²) in [6.07, 6.45) is -4.45. The highest BCUT2D eigenvalue weighted by Gasteiger charge is 2.32. The summed E-state index contributed by atoms with van der Waals surface area (Å²) in [5.74, 6) is 0. The number of anilines is 1. The van der Waals surface area contributed by atoms with Crippen molar-refractivity contribution in [2.24, 2.45) is 0 Å². The fourth-order valence-corrected chi connectivity index (χ4v) is 2.29. The van der Waals surface area contributed by atoms with E-state index < -0.39 is 11.7 Å². The van der Waals surface area contributed by atoms with Gasteiger partial charge in [-0.25, -0.2) is 0 Å². The summed E-state index contributed by atoms with van der Waals surface area (Å²) in [6, 6.07) is 5.17. The normalized spacial score (nSPS) is 23.5. The average Bonchev–Trinajstić information content (AvgIpc) is 2.40. The largest absolute Gasteiger partial charge is 0.416 e. The summed E-state index contributed by atoms with van der Waals surface area (Å²) >= 11 is 0. The number of nitrogens with zero attached hydrogens (tertiary/aromatic N) is 2. The first-order valence-corrected chi connectivity index (χ1v) is 6.32. The molecule has 0 spiro atoms. The van der Waals surface area contributed by atoms with Gasteiger partial charge in [0.05, 0.1) is 29.5 Å². The lowest BCUT2D eigenvalue weighted by atomic mass is 10.1. The smallest absolute Gasteiger partial charge is 0.375 e. The van der Waals surface area contributed by atoms with Gasteiger partial charge in [0.15, 0.2) is 0 Å². The van der Waals surface area contributed by atoms with Crippen LogP contribution in [0.4, 0.5) is 18.9 Å². The maximum Gasteiger partial charge on any atom is 0.416 e. The third-order valence-electron chi connectivity index (χ3n) is 3.36. The zero-order valence-electron chi connectivity index (χ0n) is 11.2. The number of morpholine rings is 1. The standard InChI is InChI=1S/C14H15F3N2O/c1-9-8-20-10(2)7-19(9)13-4-3-12(14(15,16)17)5-11(13)6-18/h3-5,9-10H,7-8H2,1-2H3. The van der Waals surface area contributed by atoms with Crippen LogP contribution in [-0.4, -0.2) is 25.3 Å². The quantitative estimate of drug-likeness (QED) is 0.794. The molecular weight excluding hydrogens is 269 g/mol. The van der Waals surface area contributed by atoms with Gasteiger partial charge < -0.3 is 9.64 Å². The van der Waals surface area contributed by atoms with Crippen LogP contribution in [0, 0.1) is 11.3 Å². The van der Waals surface area contributed by atoms with Crippen LogP contribution in [0.2, 0.25) is 0 Å². The molecule has 0 N–H and O–H groups in total. The molecule has 0 aromatic heterocycles. The molecule has 0 bridgehead atoms. The van der Waals surface area contributed by atoms with Crippen molar-refractivity contribution < 1.29 is 17.9 Å². The molecule has 20 heavy (non-hydrogen) atoms. The number of benzene rings is 1. The van der Waals surface area contributed by atoms with Gasteiger partial charge in [0.2, 0.25) is 0 Å². The molecule has 2 atom stereocenters. The van der Waals surface area contributed by atoms with Gasteiger partial charge in [0.25, 0.3) is 0 Å². The lowest BCUT2D eigenvalue weighted by Crippen LogP contribution is -2.47. The number of hydrogen-bond donors (Lipinski definition) is 0. The molecule has 1 aromatic carbocycles. The van der Waals surface area contributed by atoms with E-state index in [4.69, 9.17) is 10.00 Å². The second kappa shape index (κ2) is 5.33. The van der Waals surface area contributed by atoms with Crippen molar-refractivity contribution in [1.82, 2.24) is 0 Å². The Morgan fingerprint density at radius 3 is 2.65 bits per heavy atom. The molecule has 1 heterocycles. The van der Waals surface area contributed by atoms with Gasteiger partial charge in [-0.05, 0) is 32.0 Å². The average molecular weight is 284 g/mol. The van der Waals surface area contributed by atoms with Crippen molar-refractivity contribution in [3.8, 4) is 6.07 Å². The summed E-state index contributed by atoms with van der Waals surface area (Å²) < 4.78 is 43.5. The Hall–Kier alpha value is -1.74. The summed E-state index contributed by atoms with van der Waals surface area (Å²) in [5, 5.41) is 9.12. The Morgan fingerprint density at radius 2 is 2.05 bits per heavy atom. The van der Waals surface area contributed by atoms with Gasteiger partial charge in [-0.3, -0.25) is 0 Å². The lowest BCUT2D eigenvalue weighted by molar-refractivity contribution is -0.137. The van der Waals surface area contributed by atoms with E-state index in [-0.39, 0.29) is 17.7 Å². The summed E-state index contributed by atoms with van der Waals surface area (Å²) in [4.78, 5) is 1.92. The highest BCUT2D eigenvalue weighted by Crippen LogP contribution is 2.33. The number of ether oxygens (including phenoxy) is 1. The van der Waals surface area contributed by atoms with Gasteiger partial charge in [-0.1, -0.05) is 0 Å². The predicted octanol–water partition coefficient (Wildman–Crippen LogP) is 3.19. The molecule has 3 nitrogen and oxygen atoms in total. The fourth-order valence-electron chi connectivity index (χ4n) is 2.29. The van der Waals surface area contributed by atoms with Gasteiger partial charge in [-0.2, -0.15) is 18.4 Å². The van der Waals surface area contributed by atoms with E-state index in [1.807, 2.05) is 24.8 Å². The highest BCUT2D eigenvalue weighted by molar-refractivity contribution is 5.61. The van der Waals surface area contributed by atoms with Crippen molar-refractivity contribution in [1.29, 1.82) is 5.26 Å². The molecule has 108 valence electrons. The van der Waals surface area contributed by atoms with Gasteiger partial charge in [0.1, 0.15) is 6.07 Å². The van der Waals surface area contributed by atoms with Gasteiger partial charge in [0, 0.05) is 12.6 Å². The minimum absolute atomic E-state index is 0.0139. The van der Waals surface area contributed by atoms with Crippen molar-refractivity contribution in [2.75, 3.05) is 18.1 Å². The topological polar surface area (TPSA) is 36.3 Å². The van der Waals surface area contributed by atoms with E-state index in [0.29, 0.717) is 18.8 Å². The van der Waals surface area contributed by atoms with Crippen LogP contribution < -0.4 is 4.90 Å². The summed E-state index contributed by atoms with van der Waals surface area (Å²) in [7, 11) is 0. The van der Waals surface area contributed by atoms with E-state index in [1.54, 1.807) is 0 Å². The molecule has 1 aliphatic heterocycles. The first kappa shape index (κ1) is 14.7. The number of nitriles is 1. The first-order valence-electron chi connectivity index (χ1n) is 6.32. The molecule has 1 fully saturated rings. The van der Waals surface area contributed by atoms with Crippen LogP contribution in [-0.2, 0) is 10.9 Å². The molecule has 6 heteroatoms. The molecule has 0 aliphatic carbocycles. The van der Waals surface area contributed by atoms with E-state index in [2.05, 4.69) is 0 Å². The zero-order chi connectivity index (χ0) is 14.9. The fraction of sp³-hybridized carbons (Fsp3) is 0.500. The van der Waals surface area contributed by atoms with E-state index in [1.165, 1.54) is 6.07 Å². The van der Waals surface area contributed by atoms with Crippen LogP contribution in [0.1, 0.15) is 25.0 Å². The summed E-state index contributed by atoms with van der Waals surface area (Å²) in [5.41, 5.74) is -0.226. The Labute approximate surface area is 115 Å². The lowest BCUT2D eigenvalue weighted by Gasteiger charge is -2.39. The molecule has 2 rings (SSSR count). The predicted molar refractivity (Wildman–Crippen MR) is 68.4 cm³/mol. The maximum atomic E-state index is 12.7. The van der Waals surface area contributed by atoms with Gasteiger partial charge in [-0.15, -0.1) is 0 Å². The number of halogens is 3. The van der Waals surface area contributed by atoms with Crippen LogP contribution in [0.25, 0.3) is 0 Å². The van der Waals surface area contributed by atoms with Crippen LogP contribution in [0.15, 0.2) is 18.2 Å². The van der Waals surface area contributed by atoms with Crippen molar-refractivity contribution in [2.45, 2.75) is 32.2 Å².